The van der Waals surface area contributed by atoms with Crippen LogP contribution >= 0.6 is 27.5 Å². The Labute approximate surface area is 130 Å². The molecule has 5 heteroatoms. The van der Waals surface area contributed by atoms with Gasteiger partial charge in [-0.3, -0.25) is 0 Å². The van der Waals surface area contributed by atoms with Crippen molar-refractivity contribution in [1.82, 2.24) is 9.55 Å². The summed E-state index contributed by atoms with van der Waals surface area (Å²) < 4.78 is 3.00. The molecule has 3 aromatic rings. The van der Waals surface area contributed by atoms with E-state index in [1.165, 1.54) is 0 Å². The molecule has 0 bridgehead atoms. The zero-order valence-corrected chi connectivity index (χ0v) is 13.2. The molecule has 20 heavy (non-hydrogen) atoms. The number of benzene rings is 2. The van der Waals surface area contributed by atoms with Gasteiger partial charge in [0.05, 0.1) is 16.1 Å². The molecule has 2 aromatic carbocycles. The topological polar surface area (TPSA) is 43.8 Å². The van der Waals surface area contributed by atoms with E-state index in [4.69, 9.17) is 17.3 Å². The summed E-state index contributed by atoms with van der Waals surface area (Å²) in [5.41, 5.74) is 9.71. The van der Waals surface area contributed by atoms with Gasteiger partial charge in [0.15, 0.2) is 0 Å². The smallest absolute Gasteiger partial charge is 0.142 e. The minimum Gasteiger partial charge on any atom is -0.327 e. The van der Waals surface area contributed by atoms with Crippen LogP contribution in [0.15, 0.2) is 40.9 Å². The van der Waals surface area contributed by atoms with Crippen LogP contribution in [-0.4, -0.2) is 9.55 Å². The van der Waals surface area contributed by atoms with Crippen molar-refractivity contribution in [3.05, 3.63) is 51.5 Å². The molecular formula is C15H13BrClN3. The molecule has 0 saturated heterocycles. The Bertz CT molecular complexity index is 795. The highest BCUT2D eigenvalue weighted by molar-refractivity contribution is 9.10. The maximum Gasteiger partial charge on any atom is 0.142 e. The van der Waals surface area contributed by atoms with Crippen molar-refractivity contribution < 1.29 is 0 Å². The minimum atomic E-state index is 0.523. The molecule has 0 radical (unpaired) electrons. The molecule has 0 aliphatic heterocycles. The first-order valence-corrected chi connectivity index (χ1v) is 7.38. The Kier molecular flexibility index (Phi) is 3.54. The number of hydrogen-bond donors (Lipinski definition) is 1. The van der Waals surface area contributed by atoms with Crippen LogP contribution < -0.4 is 5.73 Å². The van der Waals surface area contributed by atoms with E-state index in [9.17, 15) is 0 Å². The third-order valence-corrected chi connectivity index (χ3v) is 4.16. The maximum atomic E-state index is 6.32. The predicted octanol–water partition coefficient (Wildman–Crippen LogP) is 4.11. The summed E-state index contributed by atoms with van der Waals surface area (Å²) in [6.45, 7) is 0.523. The van der Waals surface area contributed by atoms with Crippen LogP contribution in [-0.2, 0) is 13.6 Å². The number of nitrogens with two attached hydrogens (primary N) is 1. The second-order valence-electron chi connectivity index (χ2n) is 4.65. The van der Waals surface area contributed by atoms with Crippen molar-refractivity contribution in [3.8, 4) is 11.4 Å². The van der Waals surface area contributed by atoms with Gasteiger partial charge < -0.3 is 10.3 Å². The number of aromatic nitrogens is 2. The van der Waals surface area contributed by atoms with Crippen LogP contribution in [0.2, 0.25) is 5.02 Å². The highest BCUT2D eigenvalue weighted by Crippen LogP contribution is 2.31. The van der Waals surface area contributed by atoms with Gasteiger partial charge in [0, 0.05) is 23.6 Å². The number of fused-ring (bicyclic) bond motifs is 1. The lowest BCUT2D eigenvalue weighted by Crippen LogP contribution is -1.97. The molecule has 0 fully saturated rings. The normalized spacial score (nSPS) is 11.2. The standard InChI is InChI=1S/C15H13BrClN3/c1-20-14-6-9(8-18)2-5-13(14)19-15(20)11-4-3-10(16)7-12(11)17/h2-7H,8,18H2,1H3. The van der Waals surface area contributed by atoms with Crippen molar-refractivity contribution in [3.63, 3.8) is 0 Å². The zero-order chi connectivity index (χ0) is 14.3. The molecule has 1 aromatic heterocycles. The number of halogens is 2. The van der Waals surface area contributed by atoms with Gasteiger partial charge in [-0.15, -0.1) is 0 Å². The highest BCUT2D eigenvalue weighted by atomic mass is 79.9. The Morgan fingerprint density at radius 3 is 2.75 bits per heavy atom. The number of nitrogens with zero attached hydrogens (tertiary/aromatic N) is 2. The SMILES string of the molecule is Cn1c(-c2ccc(Br)cc2Cl)nc2ccc(CN)cc21. The van der Waals surface area contributed by atoms with Gasteiger partial charge >= 0.3 is 0 Å². The van der Waals surface area contributed by atoms with Gasteiger partial charge in [-0.2, -0.15) is 0 Å². The van der Waals surface area contributed by atoms with Gasteiger partial charge in [-0.05, 0) is 35.9 Å². The summed E-state index contributed by atoms with van der Waals surface area (Å²) in [7, 11) is 1.99. The Morgan fingerprint density at radius 2 is 2.05 bits per heavy atom. The third kappa shape index (κ3) is 2.24. The number of rotatable bonds is 2. The molecule has 0 amide bonds. The highest BCUT2D eigenvalue weighted by Gasteiger charge is 2.13. The number of imidazole rings is 1. The Morgan fingerprint density at radius 1 is 1.25 bits per heavy atom. The van der Waals surface area contributed by atoms with Crippen molar-refractivity contribution in [1.29, 1.82) is 0 Å². The van der Waals surface area contributed by atoms with Crippen molar-refractivity contribution in [2.45, 2.75) is 6.54 Å². The first-order valence-electron chi connectivity index (χ1n) is 6.21. The van der Waals surface area contributed by atoms with Crippen molar-refractivity contribution >= 4 is 38.6 Å². The van der Waals surface area contributed by atoms with E-state index in [-0.39, 0.29) is 0 Å². The lowest BCUT2D eigenvalue weighted by Gasteiger charge is -2.05. The first kappa shape index (κ1) is 13.6. The average molecular weight is 351 g/mol. The Hall–Kier alpha value is -1.36. The lowest BCUT2D eigenvalue weighted by molar-refractivity contribution is 0.956. The van der Waals surface area contributed by atoms with Gasteiger partial charge in [-0.25, -0.2) is 4.98 Å². The van der Waals surface area contributed by atoms with Crippen LogP contribution in [0.25, 0.3) is 22.4 Å². The molecule has 102 valence electrons. The second-order valence-corrected chi connectivity index (χ2v) is 5.97. The quantitative estimate of drug-likeness (QED) is 0.755. The number of aryl methyl sites for hydroxylation is 1. The monoisotopic (exact) mass is 349 g/mol. The molecule has 0 aliphatic carbocycles. The van der Waals surface area contributed by atoms with Crippen LogP contribution in [0.3, 0.4) is 0 Å². The second kappa shape index (κ2) is 5.20. The van der Waals surface area contributed by atoms with Gasteiger partial charge in [0.25, 0.3) is 0 Å². The summed E-state index contributed by atoms with van der Waals surface area (Å²) in [6, 6.07) is 11.9. The summed E-state index contributed by atoms with van der Waals surface area (Å²) in [5.74, 6) is 0.853. The maximum absolute atomic E-state index is 6.32. The van der Waals surface area contributed by atoms with E-state index < -0.39 is 0 Å². The molecule has 0 unspecified atom stereocenters. The largest absolute Gasteiger partial charge is 0.327 e. The molecule has 3 rings (SSSR count). The number of hydrogen-bond acceptors (Lipinski definition) is 2. The summed E-state index contributed by atoms with van der Waals surface area (Å²) in [6.07, 6.45) is 0. The minimum absolute atomic E-state index is 0.523. The van der Waals surface area contributed by atoms with Crippen LogP contribution in [0.1, 0.15) is 5.56 Å². The van der Waals surface area contributed by atoms with Gasteiger partial charge in [-0.1, -0.05) is 33.6 Å². The molecule has 0 saturated carbocycles. The van der Waals surface area contributed by atoms with Crippen molar-refractivity contribution in [2.75, 3.05) is 0 Å². The predicted molar refractivity (Wildman–Crippen MR) is 86.8 cm³/mol. The van der Waals surface area contributed by atoms with Crippen molar-refractivity contribution in [2.24, 2.45) is 12.8 Å². The molecule has 1 heterocycles. The lowest BCUT2D eigenvalue weighted by atomic mass is 10.2. The fraction of sp³-hybridized carbons (Fsp3) is 0.133. The molecular weight excluding hydrogens is 338 g/mol. The molecule has 2 N–H and O–H groups in total. The van der Waals surface area contributed by atoms with E-state index in [2.05, 4.69) is 27.0 Å². The van der Waals surface area contributed by atoms with Crippen LogP contribution in [0, 0.1) is 0 Å². The molecule has 0 spiro atoms. The average Bonchev–Trinajstić information content (AvgIpc) is 2.76. The fourth-order valence-electron chi connectivity index (χ4n) is 2.27. The zero-order valence-electron chi connectivity index (χ0n) is 10.9. The van der Waals surface area contributed by atoms with Crippen LogP contribution in [0.4, 0.5) is 0 Å². The molecule has 0 atom stereocenters. The van der Waals surface area contributed by atoms with Crippen LogP contribution in [0.5, 0.6) is 0 Å². The first-order chi connectivity index (χ1) is 9.60. The van der Waals surface area contributed by atoms with E-state index in [1.54, 1.807) is 0 Å². The summed E-state index contributed by atoms with van der Waals surface area (Å²) >= 11 is 9.73. The summed E-state index contributed by atoms with van der Waals surface area (Å²) in [5, 5.41) is 0.678. The van der Waals surface area contributed by atoms with E-state index in [0.29, 0.717) is 11.6 Å². The van der Waals surface area contributed by atoms with E-state index >= 15 is 0 Å². The Balaban J connectivity index is 2.24. The third-order valence-electron chi connectivity index (χ3n) is 3.35. The van der Waals surface area contributed by atoms with Gasteiger partial charge in [0.2, 0.25) is 0 Å². The van der Waals surface area contributed by atoms with Gasteiger partial charge in [0.1, 0.15) is 5.82 Å². The molecule has 3 nitrogen and oxygen atoms in total. The fourth-order valence-corrected chi connectivity index (χ4v) is 3.03. The van der Waals surface area contributed by atoms with E-state index in [1.807, 2.05) is 41.9 Å². The molecule has 0 aliphatic rings. The summed E-state index contributed by atoms with van der Waals surface area (Å²) in [4.78, 5) is 4.67. The van der Waals surface area contributed by atoms with E-state index in [0.717, 1.165) is 32.5 Å².